The zero-order chi connectivity index (χ0) is 12.5. The summed E-state index contributed by atoms with van der Waals surface area (Å²) in [6, 6.07) is 6.65. The molecule has 0 spiro atoms. The van der Waals surface area contributed by atoms with Crippen molar-refractivity contribution in [1.29, 1.82) is 0 Å². The Morgan fingerprint density at radius 3 is 2.59 bits per heavy atom. The second-order valence-corrected chi connectivity index (χ2v) is 6.70. The van der Waals surface area contributed by atoms with Gasteiger partial charge in [0.25, 0.3) is 0 Å². The van der Waals surface area contributed by atoms with Gasteiger partial charge in [-0.05, 0) is 37.6 Å². The largest absolute Gasteiger partial charge is 0.362 e. The van der Waals surface area contributed by atoms with Crippen molar-refractivity contribution in [2.45, 2.75) is 24.5 Å². The average molecular weight is 320 g/mol. The number of halogens is 1. The molecule has 17 heavy (non-hydrogen) atoms. The fourth-order valence-electron chi connectivity index (χ4n) is 1.80. The van der Waals surface area contributed by atoms with E-state index in [-0.39, 0.29) is 0 Å². The van der Waals surface area contributed by atoms with Gasteiger partial charge in [0.15, 0.2) is 0 Å². The summed E-state index contributed by atoms with van der Waals surface area (Å²) >= 11 is 3.29. The van der Waals surface area contributed by atoms with E-state index in [0.29, 0.717) is 18.0 Å². The van der Waals surface area contributed by atoms with Crippen molar-refractivity contribution in [3.63, 3.8) is 0 Å². The van der Waals surface area contributed by atoms with Gasteiger partial charge in [0.2, 0.25) is 10.0 Å². The first-order valence-electron chi connectivity index (χ1n) is 5.41. The molecule has 0 radical (unpaired) electrons. The average Bonchev–Trinajstić information content (AvgIpc) is 2.30. The number of benzene rings is 1. The van der Waals surface area contributed by atoms with Crippen molar-refractivity contribution in [2.24, 2.45) is 0 Å². The van der Waals surface area contributed by atoms with Crippen LogP contribution in [0.2, 0.25) is 0 Å². The fraction of sp³-hybridized carbons (Fsp3) is 0.455. The Morgan fingerprint density at radius 2 is 2.00 bits per heavy atom. The molecule has 1 saturated heterocycles. The summed E-state index contributed by atoms with van der Waals surface area (Å²) in [6.45, 7) is 2.89. The topological polar surface area (TPSA) is 46.6 Å². The van der Waals surface area contributed by atoms with Crippen LogP contribution in [0.3, 0.4) is 0 Å². The maximum atomic E-state index is 12.3. The Kier molecular flexibility index (Phi) is 3.87. The molecule has 2 rings (SSSR count). The predicted molar refractivity (Wildman–Crippen MR) is 68.1 cm³/mol. The molecule has 1 aromatic rings. The smallest absolute Gasteiger partial charge is 0.245 e. The minimum atomic E-state index is -3.44. The molecule has 1 aliphatic rings. The van der Waals surface area contributed by atoms with E-state index in [9.17, 15) is 8.42 Å². The van der Waals surface area contributed by atoms with Crippen LogP contribution in [-0.4, -0.2) is 32.1 Å². The quantitative estimate of drug-likeness (QED) is 0.839. The fourth-order valence-corrected chi connectivity index (χ4v) is 3.63. The van der Waals surface area contributed by atoms with E-state index in [1.54, 1.807) is 31.2 Å². The summed E-state index contributed by atoms with van der Waals surface area (Å²) in [5.74, 6) is 0. The maximum absolute atomic E-state index is 12.3. The Labute approximate surface area is 110 Å². The molecule has 1 atom stereocenters. The second kappa shape index (κ2) is 5.06. The Morgan fingerprint density at radius 1 is 1.35 bits per heavy atom. The molecule has 6 heteroatoms. The van der Waals surface area contributed by atoms with E-state index in [1.807, 2.05) is 0 Å². The molecule has 0 amide bonds. The highest BCUT2D eigenvalue weighted by Gasteiger charge is 2.31. The summed E-state index contributed by atoms with van der Waals surface area (Å²) in [5, 5.41) is 0. The van der Waals surface area contributed by atoms with Gasteiger partial charge in [0.05, 0.1) is 4.90 Å². The van der Waals surface area contributed by atoms with Crippen LogP contribution in [0.5, 0.6) is 0 Å². The molecule has 1 aromatic carbocycles. The molecule has 1 fully saturated rings. The predicted octanol–water partition coefficient (Wildman–Crippen LogP) is 2.21. The van der Waals surface area contributed by atoms with E-state index >= 15 is 0 Å². The van der Waals surface area contributed by atoms with Crippen molar-refractivity contribution >= 4 is 26.0 Å². The number of sulfonamides is 1. The first-order chi connectivity index (χ1) is 8.01. The molecule has 4 nitrogen and oxygen atoms in total. The van der Waals surface area contributed by atoms with Gasteiger partial charge in [-0.25, -0.2) is 8.42 Å². The molecule has 1 aliphatic heterocycles. The van der Waals surface area contributed by atoms with Gasteiger partial charge in [0, 0.05) is 17.6 Å². The summed E-state index contributed by atoms with van der Waals surface area (Å²) < 4.78 is 32.3. The third-order valence-corrected chi connectivity index (χ3v) is 5.20. The van der Waals surface area contributed by atoms with E-state index < -0.39 is 16.3 Å². The first kappa shape index (κ1) is 13.0. The molecule has 0 saturated carbocycles. The number of ether oxygens (including phenoxy) is 1. The van der Waals surface area contributed by atoms with E-state index in [1.165, 1.54) is 4.31 Å². The summed E-state index contributed by atoms with van der Waals surface area (Å²) in [4.78, 5) is 0.304. The summed E-state index contributed by atoms with van der Waals surface area (Å²) in [7, 11) is -3.44. The molecule has 0 N–H and O–H groups in total. The van der Waals surface area contributed by atoms with Crippen molar-refractivity contribution in [3.05, 3.63) is 28.7 Å². The molecule has 1 unspecified atom stereocenters. The number of hydrogen-bond donors (Lipinski definition) is 0. The van der Waals surface area contributed by atoms with Crippen LogP contribution in [0.15, 0.2) is 33.6 Å². The normalized spacial score (nSPS) is 22.6. The Hall–Kier alpha value is -0.430. The lowest BCUT2D eigenvalue weighted by atomic mass is 10.4. The van der Waals surface area contributed by atoms with E-state index in [2.05, 4.69) is 15.9 Å². The third-order valence-electron chi connectivity index (χ3n) is 2.71. The highest BCUT2D eigenvalue weighted by molar-refractivity contribution is 9.10. The minimum Gasteiger partial charge on any atom is -0.362 e. The van der Waals surface area contributed by atoms with Crippen molar-refractivity contribution in [3.8, 4) is 0 Å². The van der Waals surface area contributed by atoms with E-state index in [0.717, 1.165) is 10.9 Å². The van der Waals surface area contributed by atoms with Crippen LogP contribution in [0.25, 0.3) is 0 Å². The molecular weight excluding hydrogens is 306 g/mol. The van der Waals surface area contributed by atoms with Crippen molar-refractivity contribution < 1.29 is 13.2 Å². The zero-order valence-electron chi connectivity index (χ0n) is 9.47. The lowest BCUT2D eigenvalue weighted by Crippen LogP contribution is -2.44. The Balaban J connectivity index is 2.32. The molecule has 0 bridgehead atoms. The minimum absolute atomic E-state index is 0.304. The van der Waals surface area contributed by atoms with Crippen molar-refractivity contribution in [1.82, 2.24) is 4.31 Å². The number of nitrogens with zero attached hydrogens (tertiary/aromatic N) is 1. The second-order valence-electron chi connectivity index (χ2n) is 3.89. The van der Waals surface area contributed by atoms with Crippen LogP contribution in [-0.2, 0) is 14.8 Å². The van der Waals surface area contributed by atoms with Crippen molar-refractivity contribution in [2.75, 3.05) is 13.2 Å². The van der Waals surface area contributed by atoms with Gasteiger partial charge < -0.3 is 4.74 Å². The highest BCUT2D eigenvalue weighted by atomic mass is 79.9. The van der Waals surface area contributed by atoms with Gasteiger partial charge in [-0.3, -0.25) is 0 Å². The van der Waals surface area contributed by atoms with Crippen LogP contribution >= 0.6 is 15.9 Å². The van der Waals surface area contributed by atoms with E-state index in [4.69, 9.17) is 4.74 Å². The van der Waals surface area contributed by atoms with Crippen LogP contribution < -0.4 is 0 Å². The first-order valence-corrected chi connectivity index (χ1v) is 7.64. The molecule has 1 heterocycles. The molecule has 0 aromatic heterocycles. The molecule has 0 aliphatic carbocycles. The maximum Gasteiger partial charge on any atom is 0.245 e. The zero-order valence-corrected chi connectivity index (χ0v) is 11.9. The van der Waals surface area contributed by atoms with Gasteiger partial charge in [-0.1, -0.05) is 15.9 Å². The standard InChI is InChI=1S/C11H14BrNO3S/c1-9-13(7-2-8-16-9)17(14,15)11-5-3-10(12)4-6-11/h3-6,9H,2,7-8H2,1H3. The summed E-state index contributed by atoms with van der Waals surface area (Å²) in [5.41, 5.74) is 0. The van der Waals surface area contributed by atoms with Gasteiger partial charge >= 0.3 is 0 Å². The summed E-state index contributed by atoms with van der Waals surface area (Å²) in [6.07, 6.45) is 0.345. The lowest BCUT2D eigenvalue weighted by molar-refractivity contribution is -0.0410. The van der Waals surface area contributed by atoms with Crippen LogP contribution in [0, 0.1) is 0 Å². The van der Waals surface area contributed by atoms with Gasteiger partial charge in [0.1, 0.15) is 6.23 Å². The number of rotatable bonds is 2. The number of hydrogen-bond acceptors (Lipinski definition) is 3. The Bertz CT molecular complexity index is 486. The third kappa shape index (κ3) is 2.70. The monoisotopic (exact) mass is 319 g/mol. The molecular formula is C11H14BrNO3S. The van der Waals surface area contributed by atoms with Gasteiger partial charge in [-0.15, -0.1) is 0 Å². The molecule has 94 valence electrons. The van der Waals surface area contributed by atoms with Crippen LogP contribution in [0.1, 0.15) is 13.3 Å². The van der Waals surface area contributed by atoms with Crippen LogP contribution in [0.4, 0.5) is 0 Å². The highest BCUT2D eigenvalue weighted by Crippen LogP contribution is 2.23. The SMILES string of the molecule is CC1OCCCN1S(=O)(=O)c1ccc(Br)cc1. The van der Waals surface area contributed by atoms with Gasteiger partial charge in [-0.2, -0.15) is 4.31 Å². The lowest BCUT2D eigenvalue weighted by Gasteiger charge is -2.32.